The molecule has 1 N–H and O–H groups in total. The van der Waals surface area contributed by atoms with Crippen LogP contribution < -0.4 is 5.32 Å². The Hall–Kier alpha value is -2.10. The summed E-state index contributed by atoms with van der Waals surface area (Å²) in [5.41, 5.74) is 2.59. The number of benzene rings is 1. The van der Waals surface area contributed by atoms with Gasteiger partial charge in [-0.1, -0.05) is 43.3 Å². The molecular formula is C15H18N2O2. The van der Waals surface area contributed by atoms with E-state index >= 15 is 0 Å². The summed E-state index contributed by atoms with van der Waals surface area (Å²) in [7, 11) is 0. The lowest BCUT2D eigenvalue weighted by Crippen LogP contribution is -2.23. The Balaban J connectivity index is 1.99. The van der Waals surface area contributed by atoms with Gasteiger partial charge >= 0.3 is 0 Å². The van der Waals surface area contributed by atoms with Crippen molar-refractivity contribution in [3.05, 3.63) is 52.9 Å². The van der Waals surface area contributed by atoms with E-state index in [0.717, 1.165) is 16.9 Å². The summed E-state index contributed by atoms with van der Waals surface area (Å²) in [6.07, 6.45) is 0. The first kappa shape index (κ1) is 13.3. The molecule has 0 spiro atoms. The summed E-state index contributed by atoms with van der Waals surface area (Å²) in [4.78, 5) is 11.9. The van der Waals surface area contributed by atoms with E-state index < -0.39 is 0 Å². The third-order valence-corrected chi connectivity index (χ3v) is 3.03. The van der Waals surface area contributed by atoms with Crippen molar-refractivity contribution >= 4 is 5.91 Å². The molecule has 1 aromatic carbocycles. The van der Waals surface area contributed by atoms with Crippen molar-refractivity contribution in [1.82, 2.24) is 10.5 Å². The lowest BCUT2D eigenvalue weighted by atomic mass is 10.1. The second kappa shape index (κ2) is 5.69. The average Bonchev–Trinajstić information content (AvgIpc) is 2.87. The van der Waals surface area contributed by atoms with Crippen molar-refractivity contribution in [2.45, 2.75) is 33.2 Å². The van der Waals surface area contributed by atoms with Crippen LogP contribution in [0.5, 0.6) is 0 Å². The molecule has 4 nitrogen and oxygen atoms in total. The van der Waals surface area contributed by atoms with E-state index in [0.29, 0.717) is 12.2 Å². The minimum absolute atomic E-state index is 0.209. The summed E-state index contributed by atoms with van der Waals surface area (Å²) >= 11 is 0. The second-order valence-corrected chi connectivity index (χ2v) is 4.88. The smallest absolute Gasteiger partial charge is 0.273 e. The Bertz CT molecular complexity index is 573. The Morgan fingerprint density at radius 1 is 1.37 bits per heavy atom. The van der Waals surface area contributed by atoms with Gasteiger partial charge in [0.15, 0.2) is 5.69 Å². The topological polar surface area (TPSA) is 55.1 Å². The summed E-state index contributed by atoms with van der Waals surface area (Å²) < 4.78 is 5.11. The maximum Gasteiger partial charge on any atom is 0.273 e. The van der Waals surface area contributed by atoms with Crippen LogP contribution in [-0.2, 0) is 6.54 Å². The SMILES string of the molecule is Cc1ccccc1CNC(=O)c1cc(C(C)C)on1. The van der Waals surface area contributed by atoms with Crippen molar-refractivity contribution in [1.29, 1.82) is 0 Å². The number of nitrogens with one attached hydrogen (secondary N) is 1. The largest absolute Gasteiger partial charge is 0.360 e. The average molecular weight is 258 g/mol. The van der Waals surface area contributed by atoms with Crippen LogP contribution in [0.15, 0.2) is 34.9 Å². The number of aromatic nitrogens is 1. The van der Waals surface area contributed by atoms with Gasteiger partial charge in [0.05, 0.1) is 0 Å². The molecule has 2 rings (SSSR count). The minimum atomic E-state index is -0.209. The first-order valence-electron chi connectivity index (χ1n) is 6.37. The quantitative estimate of drug-likeness (QED) is 0.917. The standard InChI is InChI=1S/C15H18N2O2/c1-10(2)14-8-13(17-19-14)15(18)16-9-12-7-5-4-6-11(12)3/h4-8,10H,9H2,1-3H3,(H,16,18). The molecule has 0 aliphatic rings. The van der Waals surface area contributed by atoms with Crippen LogP contribution in [0.25, 0.3) is 0 Å². The fourth-order valence-electron chi connectivity index (χ4n) is 1.74. The maximum atomic E-state index is 11.9. The normalized spacial score (nSPS) is 10.7. The lowest BCUT2D eigenvalue weighted by molar-refractivity contribution is 0.0941. The molecule has 0 saturated heterocycles. The van der Waals surface area contributed by atoms with Gasteiger partial charge in [0, 0.05) is 18.5 Å². The molecule has 0 aliphatic heterocycles. The highest BCUT2D eigenvalue weighted by atomic mass is 16.5. The van der Waals surface area contributed by atoms with Gasteiger partial charge in [-0.15, -0.1) is 0 Å². The summed E-state index contributed by atoms with van der Waals surface area (Å²) in [6, 6.07) is 9.65. The molecule has 100 valence electrons. The third kappa shape index (κ3) is 3.22. The van der Waals surface area contributed by atoms with Gasteiger partial charge in [0.25, 0.3) is 5.91 Å². The third-order valence-electron chi connectivity index (χ3n) is 3.03. The van der Waals surface area contributed by atoms with Gasteiger partial charge in [-0.05, 0) is 18.1 Å². The van der Waals surface area contributed by atoms with E-state index in [4.69, 9.17) is 4.52 Å². The zero-order valence-corrected chi connectivity index (χ0v) is 11.4. The highest BCUT2D eigenvalue weighted by Crippen LogP contribution is 2.15. The zero-order chi connectivity index (χ0) is 13.8. The maximum absolute atomic E-state index is 11.9. The van der Waals surface area contributed by atoms with Crippen molar-refractivity contribution in [3.8, 4) is 0 Å². The number of amides is 1. The minimum Gasteiger partial charge on any atom is -0.360 e. The monoisotopic (exact) mass is 258 g/mol. The van der Waals surface area contributed by atoms with Crippen molar-refractivity contribution < 1.29 is 9.32 Å². The molecule has 0 aliphatic carbocycles. The molecule has 0 fully saturated rings. The first-order valence-corrected chi connectivity index (χ1v) is 6.37. The first-order chi connectivity index (χ1) is 9.08. The summed E-state index contributed by atoms with van der Waals surface area (Å²) in [5, 5.41) is 6.63. The van der Waals surface area contributed by atoms with E-state index in [1.807, 2.05) is 45.0 Å². The highest BCUT2D eigenvalue weighted by Gasteiger charge is 2.14. The Morgan fingerprint density at radius 3 is 2.74 bits per heavy atom. The number of nitrogens with zero attached hydrogens (tertiary/aromatic N) is 1. The molecule has 0 atom stereocenters. The highest BCUT2D eigenvalue weighted by molar-refractivity contribution is 5.92. The Kier molecular flexibility index (Phi) is 4.00. The Morgan fingerprint density at radius 2 is 2.11 bits per heavy atom. The summed E-state index contributed by atoms with van der Waals surface area (Å²) in [5.74, 6) is 0.741. The van der Waals surface area contributed by atoms with E-state index in [2.05, 4.69) is 10.5 Å². The van der Waals surface area contributed by atoms with Crippen LogP contribution in [0.4, 0.5) is 0 Å². The number of aryl methyl sites for hydroxylation is 1. The molecule has 0 radical (unpaired) electrons. The van der Waals surface area contributed by atoms with Gasteiger partial charge in [-0.3, -0.25) is 4.79 Å². The van der Waals surface area contributed by atoms with Crippen molar-refractivity contribution in [3.63, 3.8) is 0 Å². The molecule has 4 heteroatoms. The van der Waals surface area contributed by atoms with Gasteiger partial charge in [-0.2, -0.15) is 0 Å². The fraction of sp³-hybridized carbons (Fsp3) is 0.333. The van der Waals surface area contributed by atoms with Crippen LogP contribution in [0, 0.1) is 6.92 Å². The number of carbonyl (C=O) groups excluding carboxylic acids is 1. The predicted molar refractivity (Wildman–Crippen MR) is 72.9 cm³/mol. The molecule has 0 bridgehead atoms. The number of hydrogen-bond acceptors (Lipinski definition) is 3. The molecule has 1 amide bonds. The van der Waals surface area contributed by atoms with Gasteiger partial charge in [0.1, 0.15) is 5.76 Å². The number of carbonyl (C=O) groups is 1. The second-order valence-electron chi connectivity index (χ2n) is 4.88. The van der Waals surface area contributed by atoms with E-state index in [-0.39, 0.29) is 11.8 Å². The number of rotatable bonds is 4. The van der Waals surface area contributed by atoms with Crippen LogP contribution in [-0.4, -0.2) is 11.1 Å². The molecule has 1 aromatic heterocycles. The lowest BCUT2D eigenvalue weighted by Gasteiger charge is -2.05. The predicted octanol–water partition coefficient (Wildman–Crippen LogP) is 3.04. The van der Waals surface area contributed by atoms with Gasteiger partial charge in [-0.25, -0.2) is 0 Å². The van der Waals surface area contributed by atoms with Crippen LogP contribution >= 0.6 is 0 Å². The molecule has 0 unspecified atom stereocenters. The molecule has 0 saturated carbocycles. The summed E-state index contributed by atoms with van der Waals surface area (Å²) in [6.45, 7) is 6.51. The fourth-order valence-corrected chi connectivity index (χ4v) is 1.74. The van der Waals surface area contributed by atoms with E-state index in [1.54, 1.807) is 6.07 Å². The van der Waals surface area contributed by atoms with E-state index in [9.17, 15) is 4.79 Å². The Labute approximate surface area is 112 Å². The van der Waals surface area contributed by atoms with Gasteiger partial charge in [0.2, 0.25) is 0 Å². The molecular weight excluding hydrogens is 240 g/mol. The van der Waals surface area contributed by atoms with Crippen LogP contribution in [0.1, 0.15) is 47.1 Å². The van der Waals surface area contributed by atoms with Gasteiger partial charge < -0.3 is 9.84 Å². The number of hydrogen-bond donors (Lipinski definition) is 1. The zero-order valence-electron chi connectivity index (χ0n) is 11.4. The van der Waals surface area contributed by atoms with E-state index in [1.165, 1.54) is 0 Å². The van der Waals surface area contributed by atoms with Crippen LogP contribution in [0.3, 0.4) is 0 Å². The van der Waals surface area contributed by atoms with Crippen LogP contribution in [0.2, 0.25) is 0 Å². The molecule has 2 aromatic rings. The molecule has 1 heterocycles. The van der Waals surface area contributed by atoms with Crippen molar-refractivity contribution in [2.24, 2.45) is 0 Å². The molecule has 19 heavy (non-hydrogen) atoms. The van der Waals surface area contributed by atoms with Crippen molar-refractivity contribution in [2.75, 3.05) is 0 Å².